The first-order chi connectivity index (χ1) is 10.3. The number of hydrogen-bond acceptors (Lipinski definition) is 5. The van der Waals surface area contributed by atoms with Crippen LogP contribution in [0.1, 0.15) is 47.5 Å². The van der Waals surface area contributed by atoms with Crippen molar-refractivity contribution < 1.29 is 28.0 Å². The van der Waals surface area contributed by atoms with Gasteiger partial charge in [-0.1, -0.05) is 13.3 Å². The summed E-state index contributed by atoms with van der Waals surface area (Å²) in [5, 5.41) is 8.82. The SMILES string of the molecule is CCCC(C)O[Si](NC(=O)C=C(C)C(=O)O)(OCC)OCC. The predicted octanol–water partition coefficient (Wildman–Crippen LogP) is 1.85. The number of nitrogens with one attached hydrogen (secondary N) is 1. The van der Waals surface area contributed by atoms with Crippen molar-refractivity contribution in [1.82, 2.24) is 4.98 Å². The molecule has 0 spiro atoms. The fourth-order valence-electron chi connectivity index (χ4n) is 1.77. The summed E-state index contributed by atoms with van der Waals surface area (Å²) >= 11 is 0. The van der Waals surface area contributed by atoms with E-state index in [1.54, 1.807) is 13.8 Å². The molecule has 7 nitrogen and oxygen atoms in total. The molecular formula is C14H27NO6Si. The summed E-state index contributed by atoms with van der Waals surface area (Å²) in [4.78, 5) is 25.4. The van der Waals surface area contributed by atoms with Crippen LogP contribution in [0.25, 0.3) is 0 Å². The fourth-order valence-corrected chi connectivity index (χ4v) is 3.97. The summed E-state index contributed by atoms with van der Waals surface area (Å²) in [6, 6.07) is 0. The third kappa shape index (κ3) is 7.69. The Balaban J connectivity index is 5.15. The molecule has 0 saturated carbocycles. The number of carboxylic acid groups (broad SMARTS) is 1. The van der Waals surface area contributed by atoms with Gasteiger partial charge in [-0.05, 0) is 34.1 Å². The van der Waals surface area contributed by atoms with Crippen molar-refractivity contribution in [2.24, 2.45) is 0 Å². The molecule has 0 bridgehead atoms. The van der Waals surface area contributed by atoms with Gasteiger partial charge in [0.15, 0.2) is 0 Å². The first-order valence-electron chi connectivity index (χ1n) is 7.49. The Morgan fingerprint density at radius 3 is 2.18 bits per heavy atom. The lowest BCUT2D eigenvalue weighted by Gasteiger charge is -2.30. The van der Waals surface area contributed by atoms with E-state index in [9.17, 15) is 9.59 Å². The van der Waals surface area contributed by atoms with E-state index in [0.29, 0.717) is 13.2 Å². The number of hydrogen-bond donors (Lipinski definition) is 2. The third-order valence-electron chi connectivity index (χ3n) is 2.68. The monoisotopic (exact) mass is 333 g/mol. The molecular weight excluding hydrogens is 306 g/mol. The lowest BCUT2D eigenvalue weighted by molar-refractivity contribution is -0.133. The minimum atomic E-state index is -3.40. The number of carbonyl (C=O) groups excluding carboxylic acids is 1. The van der Waals surface area contributed by atoms with Gasteiger partial charge in [0.2, 0.25) is 5.91 Å². The molecule has 1 amide bonds. The van der Waals surface area contributed by atoms with Gasteiger partial charge in [0.05, 0.1) is 0 Å². The summed E-state index contributed by atoms with van der Waals surface area (Å²) in [5.74, 6) is -1.76. The van der Waals surface area contributed by atoms with Crippen LogP contribution in [-0.2, 0) is 22.9 Å². The topological polar surface area (TPSA) is 94.1 Å². The van der Waals surface area contributed by atoms with Gasteiger partial charge in [-0.2, -0.15) is 0 Å². The maximum atomic E-state index is 12.0. The molecule has 22 heavy (non-hydrogen) atoms. The molecule has 0 aromatic rings. The van der Waals surface area contributed by atoms with E-state index in [1.807, 2.05) is 13.8 Å². The molecule has 0 saturated heterocycles. The zero-order valence-corrected chi connectivity index (χ0v) is 15.0. The summed E-state index contributed by atoms with van der Waals surface area (Å²) in [6.45, 7) is 9.43. The fraction of sp³-hybridized carbons (Fsp3) is 0.714. The van der Waals surface area contributed by atoms with Crippen molar-refractivity contribution in [3.05, 3.63) is 11.6 Å². The van der Waals surface area contributed by atoms with Crippen LogP contribution in [0.4, 0.5) is 0 Å². The van der Waals surface area contributed by atoms with Gasteiger partial charge in [-0.3, -0.25) is 4.79 Å². The van der Waals surface area contributed by atoms with Crippen molar-refractivity contribution >= 4 is 20.8 Å². The van der Waals surface area contributed by atoms with Crippen LogP contribution < -0.4 is 4.98 Å². The van der Waals surface area contributed by atoms with Gasteiger partial charge in [0, 0.05) is 31.0 Å². The van der Waals surface area contributed by atoms with E-state index in [2.05, 4.69) is 4.98 Å². The second kappa shape index (κ2) is 10.5. The average molecular weight is 333 g/mol. The van der Waals surface area contributed by atoms with E-state index in [-0.39, 0.29) is 11.7 Å². The molecule has 0 aliphatic rings. The van der Waals surface area contributed by atoms with Crippen LogP contribution in [0, 0.1) is 0 Å². The number of rotatable bonds is 11. The van der Waals surface area contributed by atoms with Crippen molar-refractivity contribution in [1.29, 1.82) is 0 Å². The normalized spacial score (nSPS) is 13.8. The smallest absolute Gasteiger partial charge is 0.478 e. The lowest BCUT2D eigenvalue weighted by Crippen LogP contribution is -2.62. The molecule has 8 heteroatoms. The predicted molar refractivity (Wildman–Crippen MR) is 84.0 cm³/mol. The quantitative estimate of drug-likeness (QED) is 0.443. The molecule has 1 unspecified atom stereocenters. The Bertz CT molecular complexity index is 393. The van der Waals surface area contributed by atoms with Crippen LogP contribution in [0.5, 0.6) is 0 Å². The van der Waals surface area contributed by atoms with Crippen molar-refractivity contribution in [2.45, 2.75) is 53.6 Å². The highest BCUT2D eigenvalue weighted by molar-refractivity contribution is 6.61. The Hall–Kier alpha value is -1.22. The van der Waals surface area contributed by atoms with Crippen LogP contribution in [0.2, 0.25) is 0 Å². The molecule has 0 aromatic heterocycles. The Labute approximate surface area is 133 Å². The van der Waals surface area contributed by atoms with E-state index in [4.69, 9.17) is 18.4 Å². The molecule has 0 fully saturated rings. The summed E-state index contributed by atoms with van der Waals surface area (Å²) in [7, 11) is -3.40. The minimum Gasteiger partial charge on any atom is -0.478 e. The number of amides is 1. The van der Waals surface area contributed by atoms with Crippen LogP contribution in [0.3, 0.4) is 0 Å². The summed E-state index contributed by atoms with van der Waals surface area (Å²) in [5.41, 5.74) is -0.0741. The standard InChI is InChI=1S/C14H27NO6Si/c1-6-9-12(5)21-22(19-7-2,20-8-3)15-13(16)10-11(4)14(17)18/h10,12H,6-9H2,1-5H3,(H,15,16)(H,17,18). The van der Waals surface area contributed by atoms with Gasteiger partial charge >= 0.3 is 14.9 Å². The molecule has 2 N–H and O–H groups in total. The van der Waals surface area contributed by atoms with Crippen molar-refractivity contribution in [2.75, 3.05) is 13.2 Å². The molecule has 0 aliphatic heterocycles. The molecule has 128 valence electrons. The zero-order chi connectivity index (χ0) is 17.2. The molecule has 0 rings (SSSR count). The van der Waals surface area contributed by atoms with Crippen LogP contribution in [0.15, 0.2) is 11.6 Å². The minimum absolute atomic E-state index is 0.0741. The molecule has 0 radical (unpaired) electrons. The average Bonchev–Trinajstić information content (AvgIpc) is 2.38. The lowest BCUT2D eigenvalue weighted by atomic mass is 10.2. The second-order valence-electron chi connectivity index (χ2n) is 4.76. The van der Waals surface area contributed by atoms with E-state index in [1.165, 1.54) is 6.92 Å². The van der Waals surface area contributed by atoms with Gasteiger partial charge in [-0.25, -0.2) is 4.79 Å². The maximum Gasteiger partial charge on any atom is 0.633 e. The van der Waals surface area contributed by atoms with Crippen molar-refractivity contribution in [3.8, 4) is 0 Å². The van der Waals surface area contributed by atoms with Gasteiger partial charge in [-0.15, -0.1) is 0 Å². The second-order valence-corrected chi connectivity index (χ2v) is 6.94. The molecule has 0 aromatic carbocycles. The maximum absolute atomic E-state index is 12.0. The van der Waals surface area contributed by atoms with Crippen molar-refractivity contribution in [3.63, 3.8) is 0 Å². The molecule has 0 aliphatic carbocycles. The first-order valence-corrected chi connectivity index (χ1v) is 9.22. The first kappa shape index (κ1) is 20.8. The van der Waals surface area contributed by atoms with E-state index < -0.39 is 20.8 Å². The summed E-state index contributed by atoms with van der Waals surface area (Å²) < 4.78 is 17.0. The summed E-state index contributed by atoms with van der Waals surface area (Å²) in [6.07, 6.45) is 2.58. The number of carboxylic acids is 1. The molecule has 0 heterocycles. The Morgan fingerprint density at radius 2 is 1.77 bits per heavy atom. The highest BCUT2D eigenvalue weighted by Crippen LogP contribution is 2.13. The zero-order valence-electron chi connectivity index (χ0n) is 14.0. The molecule has 1 atom stereocenters. The highest BCUT2D eigenvalue weighted by Gasteiger charge is 2.45. The van der Waals surface area contributed by atoms with Gasteiger partial charge in [0.25, 0.3) is 0 Å². The highest BCUT2D eigenvalue weighted by atomic mass is 28.4. The van der Waals surface area contributed by atoms with Crippen LogP contribution in [-0.4, -0.2) is 45.3 Å². The Morgan fingerprint density at radius 1 is 1.23 bits per heavy atom. The van der Waals surface area contributed by atoms with Crippen LogP contribution >= 0.6 is 0 Å². The largest absolute Gasteiger partial charge is 0.633 e. The van der Waals surface area contributed by atoms with Gasteiger partial charge in [0.1, 0.15) is 0 Å². The number of aliphatic carboxylic acids is 1. The van der Waals surface area contributed by atoms with Gasteiger partial charge < -0.3 is 23.4 Å². The van der Waals surface area contributed by atoms with E-state index >= 15 is 0 Å². The van der Waals surface area contributed by atoms with E-state index in [0.717, 1.165) is 18.9 Å². The number of carbonyl (C=O) groups is 2. The third-order valence-corrected chi connectivity index (χ3v) is 5.28. The Kier molecular flexibility index (Phi) is 9.91.